The number of carbonyl (C=O) groups is 2. The summed E-state index contributed by atoms with van der Waals surface area (Å²) in [7, 11) is 0. The van der Waals surface area contributed by atoms with Crippen molar-refractivity contribution in [2.24, 2.45) is 5.92 Å². The van der Waals surface area contributed by atoms with Gasteiger partial charge in [-0.15, -0.1) is 10.2 Å². The van der Waals surface area contributed by atoms with E-state index in [-0.39, 0.29) is 29.3 Å². The average molecular weight is 428 g/mol. The van der Waals surface area contributed by atoms with Gasteiger partial charge in [-0.3, -0.25) is 9.59 Å². The lowest BCUT2D eigenvalue weighted by molar-refractivity contribution is -0.137. The maximum atomic E-state index is 12.6. The zero-order chi connectivity index (χ0) is 21.6. The van der Waals surface area contributed by atoms with Gasteiger partial charge in [-0.2, -0.15) is 13.2 Å². The van der Waals surface area contributed by atoms with Crippen molar-refractivity contribution in [3.05, 3.63) is 29.8 Å². The van der Waals surface area contributed by atoms with E-state index in [1.807, 2.05) is 20.8 Å². The van der Waals surface area contributed by atoms with Crippen LogP contribution in [0.25, 0.3) is 10.6 Å². The third-order valence-electron chi connectivity index (χ3n) is 4.04. The minimum atomic E-state index is -4.40. The van der Waals surface area contributed by atoms with Gasteiger partial charge < -0.3 is 10.2 Å². The van der Waals surface area contributed by atoms with Crippen LogP contribution in [0.1, 0.15) is 39.2 Å². The van der Waals surface area contributed by atoms with Crippen molar-refractivity contribution in [3.63, 3.8) is 0 Å². The van der Waals surface area contributed by atoms with Gasteiger partial charge in [-0.25, -0.2) is 0 Å². The number of benzene rings is 1. The van der Waals surface area contributed by atoms with Crippen LogP contribution in [0.15, 0.2) is 24.3 Å². The van der Waals surface area contributed by atoms with E-state index in [1.54, 1.807) is 4.90 Å². The molecule has 0 unspecified atom stereocenters. The third-order valence-corrected chi connectivity index (χ3v) is 4.93. The standard InChI is InChI=1S/C19H23F3N4O2S/c1-4-10-26(17(28)12(2)3)11-9-15(27)23-18-25-24-16(29-18)13-5-7-14(8-6-13)19(20,21)22/h5-8,12H,4,9-11H2,1-3H3,(H,23,25,27). The van der Waals surface area contributed by atoms with E-state index >= 15 is 0 Å². The number of anilines is 1. The van der Waals surface area contributed by atoms with Crippen molar-refractivity contribution < 1.29 is 22.8 Å². The fraction of sp³-hybridized carbons (Fsp3) is 0.474. The maximum absolute atomic E-state index is 12.6. The van der Waals surface area contributed by atoms with Crippen LogP contribution in [0.2, 0.25) is 0 Å². The SMILES string of the molecule is CCCN(CCC(=O)Nc1nnc(-c2ccc(C(F)(F)F)cc2)s1)C(=O)C(C)C. The number of carbonyl (C=O) groups excluding carboxylic acids is 2. The number of halogens is 3. The molecule has 2 amide bonds. The van der Waals surface area contributed by atoms with Crippen molar-refractivity contribution in [1.82, 2.24) is 15.1 Å². The molecule has 1 N–H and O–H groups in total. The number of rotatable bonds is 8. The van der Waals surface area contributed by atoms with Gasteiger partial charge in [-0.05, 0) is 18.6 Å². The fourth-order valence-corrected chi connectivity index (χ4v) is 3.34. The summed E-state index contributed by atoms with van der Waals surface area (Å²) in [5, 5.41) is 11.1. The molecule has 6 nitrogen and oxygen atoms in total. The van der Waals surface area contributed by atoms with E-state index in [2.05, 4.69) is 15.5 Å². The minimum absolute atomic E-state index is 0.000144. The quantitative estimate of drug-likeness (QED) is 0.674. The van der Waals surface area contributed by atoms with Gasteiger partial charge in [0.05, 0.1) is 5.56 Å². The molecule has 1 heterocycles. The molecule has 10 heteroatoms. The van der Waals surface area contributed by atoms with Crippen LogP contribution in [0.5, 0.6) is 0 Å². The van der Waals surface area contributed by atoms with Gasteiger partial charge in [0, 0.05) is 31.0 Å². The molecule has 0 atom stereocenters. The number of hydrogen-bond donors (Lipinski definition) is 1. The first-order valence-corrected chi connectivity index (χ1v) is 10.0. The molecular formula is C19H23F3N4O2S. The number of nitrogens with zero attached hydrogens (tertiary/aromatic N) is 3. The van der Waals surface area contributed by atoms with E-state index in [1.165, 1.54) is 12.1 Å². The van der Waals surface area contributed by atoms with E-state index in [0.29, 0.717) is 23.7 Å². The average Bonchev–Trinajstić information content (AvgIpc) is 3.12. The predicted octanol–water partition coefficient (Wildman–Crippen LogP) is 4.45. The maximum Gasteiger partial charge on any atom is 0.416 e. The van der Waals surface area contributed by atoms with Crippen molar-refractivity contribution in [3.8, 4) is 10.6 Å². The first-order valence-electron chi connectivity index (χ1n) is 9.21. The first kappa shape index (κ1) is 22.8. The van der Waals surface area contributed by atoms with E-state index in [0.717, 1.165) is 29.9 Å². The normalized spacial score (nSPS) is 11.6. The molecule has 1 aromatic heterocycles. The number of aromatic nitrogens is 2. The van der Waals surface area contributed by atoms with Gasteiger partial charge >= 0.3 is 6.18 Å². The number of alkyl halides is 3. The van der Waals surface area contributed by atoms with Crippen molar-refractivity contribution in [2.45, 2.75) is 39.8 Å². The van der Waals surface area contributed by atoms with Gasteiger partial charge in [-0.1, -0.05) is 44.2 Å². The second-order valence-corrected chi connectivity index (χ2v) is 7.74. The number of nitrogens with one attached hydrogen (secondary N) is 1. The Balaban J connectivity index is 1.95. The Morgan fingerprint density at radius 2 is 1.79 bits per heavy atom. The summed E-state index contributed by atoms with van der Waals surface area (Å²) in [6.45, 7) is 6.48. The molecule has 29 heavy (non-hydrogen) atoms. The predicted molar refractivity (Wildman–Crippen MR) is 105 cm³/mol. The molecular weight excluding hydrogens is 405 g/mol. The van der Waals surface area contributed by atoms with Gasteiger partial charge in [0.15, 0.2) is 0 Å². The Bertz CT molecular complexity index is 835. The van der Waals surface area contributed by atoms with Crippen LogP contribution in [-0.2, 0) is 15.8 Å². The number of hydrogen-bond acceptors (Lipinski definition) is 5. The van der Waals surface area contributed by atoms with Crippen LogP contribution in [-0.4, -0.2) is 40.0 Å². The van der Waals surface area contributed by atoms with Crippen LogP contribution in [0, 0.1) is 5.92 Å². The summed E-state index contributed by atoms with van der Waals surface area (Å²) < 4.78 is 37.9. The Kier molecular flexibility index (Phi) is 7.72. The highest BCUT2D eigenvalue weighted by molar-refractivity contribution is 7.18. The van der Waals surface area contributed by atoms with E-state index in [9.17, 15) is 22.8 Å². The van der Waals surface area contributed by atoms with Gasteiger partial charge in [0.2, 0.25) is 16.9 Å². The Morgan fingerprint density at radius 3 is 2.34 bits per heavy atom. The molecule has 0 saturated heterocycles. The summed E-state index contributed by atoms with van der Waals surface area (Å²) in [6.07, 6.45) is -3.48. The Hall–Kier alpha value is -2.49. The van der Waals surface area contributed by atoms with Crippen molar-refractivity contribution >= 4 is 28.3 Å². The zero-order valence-electron chi connectivity index (χ0n) is 16.4. The van der Waals surface area contributed by atoms with Crippen LogP contribution >= 0.6 is 11.3 Å². The molecule has 2 rings (SSSR count). The largest absolute Gasteiger partial charge is 0.416 e. The lowest BCUT2D eigenvalue weighted by Gasteiger charge is -2.23. The van der Waals surface area contributed by atoms with Crippen LogP contribution in [0.4, 0.5) is 18.3 Å². The van der Waals surface area contributed by atoms with Crippen LogP contribution < -0.4 is 5.32 Å². The molecule has 0 saturated carbocycles. The first-order chi connectivity index (χ1) is 13.6. The Labute approximate surface area is 171 Å². The molecule has 0 aliphatic heterocycles. The summed E-state index contributed by atoms with van der Waals surface area (Å²) in [6, 6.07) is 4.58. The lowest BCUT2D eigenvalue weighted by atomic mass is 10.1. The molecule has 2 aromatic rings. The minimum Gasteiger partial charge on any atom is -0.342 e. The molecule has 0 aliphatic rings. The smallest absolute Gasteiger partial charge is 0.342 e. The van der Waals surface area contributed by atoms with E-state index in [4.69, 9.17) is 0 Å². The molecule has 0 radical (unpaired) electrons. The second-order valence-electron chi connectivity index (χ2n) is 6.77. The molecule has 0 fully saturated rings. The van der Waals surface area contributed by atoms with Crippen molar-refractivity contribution in [1.29, 1.82) is 0 Å². The topological polar surface area (TPSA) is 75.2 Å². The molecule has 0 spiro atoms. The van der Waals surface area contributed by atoms with Gasteiger partial charge in [0.25, 0.3) is 0 Å². The monoisotopic (exact) mass is 428 g/mol. The summed E-state index contributed by atoms with van der Waals surface area (Å²) in [5.74, 6) is -0.447. The second kappa shape index (κ2) is 9.82. The molecule has 1 aromatic carbocycles. The summed E-state index contributed by atoms with van der Waals surface area (Å²) >= 11 is 1.07. The lowest BCUT2D eigenvalue weighted by Crippen LogP contribution is -2.37. The highest BCUT2D eigenvalue weighted by atomic mass is 32.1. The molecule has 158 valence electrons. The highest BCUT2D eigenvalue weighted by Crippen LogP contribution is 2.32. The summed E-state index contributed by atoms with van der Waals surface area (Å²) in [5.41, 5.74) is -0.264. The van der Waals surface area contributed by atoms with E-state index < -0.39 is 11.7 Å². The Morgan fingerprint density at radius 1 is 1.14 bits per heavy atom. The molecule has 0 bridgehead atoms. The van der Waals surface area contributed by atoms with Gasteiger partial charge in [0.1, 0.15) is 5.01 Å². The van der Waals surface area contributed by atoms with Crippen LogP contribution in [0.3, 0.4) is 0 Å². The van der Waals surface area contributed by atoms with Crippen molar-refractivity contribution in [2.75, 3.05) is 18.4 Å². The zero-order valence-corrected chi connectivity index (χ0v) is 17.2. The summed E-state index contributed by atoms with van der Waals surface area (Å²) in [4.78, 5) is 26.0. The highest BCUT2D eigenvalue weighted by Gasteiger charge is 2.30. The fourth-order valence-electron chi connectivity index (χ4n) is 2.58. The molecule has 0 aliphatic carbocycles. The number of amides is 2. The third kappa shape index (κ3) is 6.52.